The van der Waals surface area contributed by atoms with E-state index in [2.05, 4.69) is 10.6 Å². The van der Waals surface area contributed by atoms with Gasteiger partial charge >= 0.3 is 0 Å². The van der Waals surface area contributed by atoms with Gasteiger partial charge in [-0.25, -0.2) is 0 Å². The topological polar surface area (TPSA) is 70.7 Å². The number of hydrogen-bond acceptors (Lipinski definition) is 4. The maximum absolute atomic E-state index is 12.8. The van der Waals surface area contributed by atoms with Gasteiger partial charge < -0.3 is 20.3 Å². The predicted molar refractivity (Wildman–Crippen MR) is 93.1 cm³/mol. The zero-order valence-corrected chi connectivity index (χ0v) is 14.1. The average molecular weight is 331 g/mol. The molecule has 130 valence electrons. The van der Waals surface area contributed by atoms with Gasteiger partial charge in [0.1, 0.15) is 0 Å². The Morgan fingerprint density at radius 3 is 2.58 bits per heavy atom. The Hall–Kier alpha value is -1.92. The first-order valence-electron chi connectivity index (χ1n) is 8.56. The summed E-state index contributed by atoms with van der Waals surface area (Å²) in [5.74, 6) is 0.177. The van der Waals surface area contributed by atoms with Crippen molar-refractivity contribution in [1.82, 2.24) is 5.32 Å². The fourth-order valence-corrected chi connectivity index (χ4v) is 3.53. The minimum atomic E-state index is -0.469. The number of piperidine rings is 1. The number of carbonyl (C=O) groups is 2. The highest BCUT2D eigenvalue weighted by Crippen LogP contribution is 2.31. The number of anilines is 2. The molecule has 2 amide bonds. The van der Waals surface area contributed by atoms with Crippen LogP contribution in [0, 0.1) is 5.41 Å². The van der Waals surface area contributed by atoms with E-state index < -0.39 is 5.41 Å². The minimum absolute atomic E-state index is 0.0100. The number of rotatable bonds is 5. The molecule has 0 spiro atoms. The molecular weight excluding hydrogens is 306 g/mol. The molecule has 1 aromatic rings. The summed E-state index contributed by atoms with van der Waals surface area (Å²) in [6.45, 7) is 2.86. The molecule has 2 aliphatic heterocycles. The molecule has 2 saturated heterocycles. The molecule has 6 nitrogen and oxygen atoms in total. The highest BCUT2D eigenvalue weighted by Gasteiger charge is 2.39. The van der Waals surface area contributed by atoms with E-state index in [1.807, 2.05) is 24.3 Å². The maximum atomic E-state index is 12.8. The number of benzene rings is 1. The summed E-state index contributed by atoms with van der Waals surface area (Å²) in [4.78, 5) is 26.4. The molecule has 2 N–H and O–H groups in total. The molecule has 0 aromatic heterocycles. The molecule has 24 heavy (non-hydrogen) atoms. The van der Waals surface area contributed by atoms with Crippen LogP contribution in [0.15, 0.2) is 24.3 Å². The summed E-state index contributed by atoms with van der Waals surface area (Å²) in [6, 6.07) is 7.51. The molecule has 0 bridgehead atoms. The van der Waals surface area contributed by atoms with Gasteiger partial charge in [0.15, 0.2) is 0 Å². The first-order valence-corrected chi connectivity index (χ1v) is 8.56. The Labute approximate surface area is 142 Å². The van der Waals surface area contributed by atoms with Crippen LogP contribution in [0.25, 0.3) is 0 Å². The van der Waals surface area contributed by atoms with Crippen molar-refractivity contribution < 1.29 is 14.3 Å². The summed E-state index contributed by atoms with van der Waals surface area (Å²) in [5, 5.41) is 6.30. The SMILES string of the molecule is COCC1(C(=O)Nc2ccc(N3CCCC3=O)cc2)CCNCC1. The third-order valence-corrected chi connectivity index (χ3v) is 4.97. The van der Waals surface area contributed by atoms with E-state index >= 15 is 0 Å². The normalized spacial score (nSPS) is 20.2. The maximum Gasteiger partial charge on any atom is 0.233 e. The molecule has 2 fully saturated rings. The van der Waals surface area contributed by atoms with Crippen LogP contribution in [-0.4, -0.2) is 45.2 Å². The zero-order chi connectivity index (χ0) is 17.0. The summed E-state index contributed by atoms with van der Waals surface area (Å²) in [5.41, 5.74) is 1.18. The highest BCUT2D eigenvalue weighted by atomic mass is 16.5. The van der Waals surface area contributed by atoms with Crippen LogP contribution in [-0.2, 0) is 14.3 Å². The summed E-state index contributed by atoms with van der Waals surface area (Å²) in [6.07, 6.45) is 3.07. The first kappa shape index (κ1) is 16.9. The number of ether oxygens (including phenoxy) is 1. The number of hydrogen-bond donors (Lipinski definition) is 2. The Balaban J connectivity index is 1.68. The Kier molecular flexibility index (Phi) is 5.16. The summed E-state index contributed by atoms with van der Waals surface area (Å²) < 4.78 is 5.31. The molecule has 0 radical (unpaired) electrons. The van der Waals surface area contributed by atoms with Crippen molar-refractivity contribution in [2.45, 2.75) is 25.7 Å². The average Bonchev–Trinajstić information content (AvgIpc) is 3.03. The lowest BCUT2D eigenvalue weighted by molar-refractivity contribution is -0.130. The van der Waals surface area contributed by atoms with E-state index in [0.29, 0.717) is 13.0 Å². The molecular formula is C18H25N3O3. The number of amides is 2. The second kappa shape index (κ2) is 7.32. The van der Waals surface area contributed by atoms with E-state index in [0.717, 1.165) is 50.3 Å². The standard InChI is InChI=1S/C18H25N3O3/c1-24-13-18(8-10-19-11-9-18)17(23)20-14-4-6-15(7-5-14)21-12-2-3-16(21)22/h4-7,19H,2-3,8-13H2,1H3,(H,20,23). The van der Waals surface area contributed by atoms with E-state index in [1.54, 1.807) is 12.0 Å². The Morgan fingerprint density at radius 2 is 2.00 bits per heavy atom. The van der Waals surface area contributed by atoms with Gasteiger partial charge in [-0.1, -0.05) is 0 Å². The van der Waals surface area contributed by atoms with Crippen molar-refractivity contribution in [3.05, 3.63) is 24.3 Å². The second-order valence-electron chi connectivity index (χ2n) is 6.61. The van der Waals surface area contributed by atoms with E-state index in [1.165, 1.54) is 0 Å². The lowest BCUT2D eigenvalue weighted by Gasteiger charge is -2.35. The van der Waals surface area contributed by atoms with Gasteiger partial charge in [0, 0.05) is 31.5 Å². The van der Waals surface area contributed by atoms with Crippen LogP contribution in [0.2, 0.25) is 0 Å². The molecule has 1 aromatic carbocycles. The van der Waals surface area contributed by atoms with Gasteiger partial charge in [0.25, 0.3) is 0 Å². The van der Waals surface area contributed by atoms with Gasteiger partial charge in [-0.2, -0.15) is 0 Å². The van der Waals surface area contributed by atoms with Gasteiger partial charge in [-0.05, 0) is 56.6 Å². The van der Waals surface area contributed by atoms with Crippen molar-refractivity contribution in [3.8, 4) is 0 Å². The van der Waals surface area contributed by atoms with Crippen molar-refractivity contribution >= 4 is 23.2 Å². The van der Waals surface area contributed by atoms with Crippen LogP contribution in [0.4, 0.5) is 11.4 Å². The largest absolute Gasteiger partial charge is 0.384 e. The van der Waals surface area contributed by atoms with Crippen molar-refractivity contribution in [1.29, 1.82) is 0 Å². The zero-order valence-electron chi connectivity index (χ0n) is 14.1. The van der Waals surface area contributed by atoms with Crippen LogP contribution in [0.5, 0.6) is 0 Å². The van der Waals surface area contributed by atoms with Crippen LogP contribution < -0.4 is 15.5 Å². The number of methoxy groups -OCH3 is 1. The van der Waals surface area contributed by atoms with Crippen molar-refractivity contribution in [2.24, 2.45) is 5.41 Å². The summed E-state index contributed by atoms with van der Waals surface area (Å²) in [7, 11) is 1.64. The first-order chi connectivity index (χ1) is 11.6. The smallest absolute Gasteiger partial charge is 0.233 e. The number of nitrogens with zero attached hydrogens (tertiary/aromatic N) is 1. The molecule has 0 atom stereocenters. The second-order valence-corrected chi connectivity index (χ2v) is 6.61. The van der Waals surface area contributed by atoms with Crippen molar-refractivity contribution in [3.63, 3.8) is 0 Å². The van der Waals surface area contributed by atoms with E-state index in [-0.39, 0.29) is 11.8 Å². The van der Waals surface area contributed by atoms with Gasteiger partial charge in [-0.15, -0.1) is 0 Å². The van der Waals surface area contributed by atoms with Gasteiger partial charge in [0.2, 0.25) is 11.8 Å². The molecule has 0 unspecified atom stereocenters. The number of carbonyl (C=O) groups excluding carboxylic acids is 2. The molecule has 2 heterocycles. The van der Waals surface area contributed by atoms with E-state index in [4.69, 9.17) is 4.74 Å². The lowest BCUT2D eigenvalue weighted by Crippen LogP contribution is -2.47. The van der Waals surface area contributed by atoms with Gasteiger partial charge in [0.05, 0.1) is 12.0 Å². The fraction of sp³-hybridized carbons (Fsp3) is 0.556. The Bertz CT molecular complexity index is 589. The molecule has 2 aliphatic rings. The highest BCUT2D eigenvalue weighted by molar-refractivity contribution is 5.97. The number of nitrogens with one attached hydrogen (secondary N) is 2. The monoisotopic (exact) mass is 331 g/mol. The molecule has 0 aliphatic carbocycles. The molecule has 3 rings (SSSR count). The van der Waals surface area contributed by atoms with Crippen LogP contribution in [0.1, 0.15) is 25.7 Å². The van der Waals surface area contributed by atoms with Crippen LogP contribution in [0.3, 0.4) is 0 Å². The van der Waals surface area contributed by atoms with Gasteiger partial charge in [-0.3, -0.25) is 9.59 Å². The summed E-state index contributed by atoms with van der Waals surface area (Å²) >= 11 is 0. The third-order valence-electron chi connectivity index (χ3n) is 4.97. The predicted octanol–water partition coefficient (Wildman–Crippen LogP) is 1.77. The molecule has 6 heteroatoms. The molecule has 0 saturated carbocycles. The minimum Gasteiger partial charge on any atom is -0.384 e. The van der Waals surface area contributed by atoms with E-state index in [9.17, 15) is 9.59 Å². The van der Waals surface area contributed by atoms with Crippen LogP contribution >= 0.6 is 0 Å². The quantitative estimate of drug-likeness (QED) is 0.863. The Morgan fingerprint density at radius 1 is 1.29 bits per heavy atom. The third kappa shape index (κ3) is 3.44. The fourth-order valence-electron chi connectivity index (χ4n) is 3.53. The van der Waals surface area contributed by atoms with Crippen molar-refractivity contribution in [2.75, 3.05) is 43.6 Å². The lowest BCUT2D eigenvalue weighted by atomic mass is 9.78.